The Kier molecular flexibility index (Phi) is 2.35. The van der Waals surface area contributed by atoms with Crippen LogP contribution in [0, 0.1) is 0 Å². The summed E-state index contributed by atoms with van der Waals surface area (Å²) in [6.07, 6.45) is 3.85. The fraction of sp³-hybridized carbons (Fsp3) is 0. The Morgan fingerprint density at radius 1 is 1.10 bits per heavy atom. The second kappa shape index (κ2) is 4.21. The fourth-order valence-corrected chi connectivity index (χ4v) is 2.52. The van der Waals surface area contributed by atoms with Crippen LogP contribution >= 0.6 is 0 Å². The van der Waals surface area contributed by atoms with Crippen LogP contribution in [0.2, 0.25) is 0 Å². The molecule has 0 spiro atoms. The first-order chi connectivity index (χ1) is 10.2. The van der Waals surface area contributed by atoms with Crippen molar-refractivity contribution in [2.24, 2.45) is 0 Å². The number of hydrogen-bond acceptors (Lipinski definition) is 3. The number of fused-ring (bicyclic) bond motifs is 2. The van der Waals surface area contributed by atoms with Gasteiger partial charge >= 0.3 is 0 Å². The van der Waals surface area contributed by atoms with Crippen LogP contribution in [0.4, 0.5) is 0 Å². The van der Waals surface area contributed by atoms with Gasteiger partial charge in [0.1, 0.15) is 11.4 Å². The van der Waals surface area contributed by atoms with Crippen LogP contribution in [-0.2, 0) is 0 Å². The number of imidazole rings is 1. The lowest BCUT2D eigenvalue weighted by Gasteiger charge is -2.05. The van der Waals surface area contributed by atoms with Gasteiger partial charge in [0.25, 0.3) is 0 Å². The summed E-state index contributed by atoms with van der Waals surface area (Å²) < 4.78 is 1.93. The summed E-state index contributed by atoms with van der Waals surface area (Å²) in [6.45, 7) is 0. The van der Waals surface area contributed by atoms with E-state index >= 15 is 0 Å². The summed E-state index contributed by atoms with van der Waals surface area (Å²) in [7, 11) is 0. The van der Waals surface area contributed by atoms with E-state index in [1.54, 1.807) is 18.2 Å². The summed E-state index contributed by atoms with van der Waals surface area (Å²) in [4.78, 5) is 18.7. The van der Waals surface area contributed by atoms with Crippen LogP contribution in [0.5, 0.6) is 5.75 Å². The number of aromatic amines is 1. The predicted molar refractivity (Wildman–Crippen MR) is 80.4 cm³/mol. The first-order valence-electron chi connectivity index (χ1n) is 6.51. The van der Waals surface area contributed by atoms with E-state index in [-0.39, 0.29) is 11.3 Å². The molecule has 0 amide bonds. The smallest absolute Gasteiger partial charge is 0.248 e. The van der Waals surface area contributed by atoms with Gasteiger partial charge in [0, 0.05) is 29.4 Å². The zero-order valence-corrected chi connectivity index (χ0v) is 10.9. The average molecular weight is 277 g/mol. The van der Waals surface area contributed by atoms with Crippen molar-refractivity contribution in [2.75, 3.05) is 0 Å². The first-order valence-corrected chi connectivity index (χ1v) is 6.51. The normalized spacial score (nSPS) is 11.2. The molecule has 5 nitrogen and oxygen atoms in total. The number of benzene rings is 1. The van der Waals surface area contributed by atoms with E-state index in [9.17, 15) is 9.90 Å². The van der Waals surface area contributed by atoms with Crippen molar-refractivity contribution in [3.63, 3.8) is 0 Å². The Labute approximate surface area is 119 Å². The number of pyridine rings is 2. The highest BCUT2D eigenvalue weighted by molar-refractivity contribution is 5.96. The molecule has 4 aromatic rings. The number of phenols is 1. The monoisotopic (exact) mass is 277 g/mol. The Morgan fingerprint density at radius 2 is 2.00 bits per heavy atom. The largest absolute Gasteiger partial charge is 0.506 e. The number of nitrogens with one attached hydrogen (secondary N) is 1. The third kappa shape index (κ3) is 1.79. The number of nitrogens with zero attached hydrogens (tertiary/aromatic N) is 2. The minimum absolute atomic E-state index is 0.0511. The topological polar surface area (TPSA) is 70.4 Å². The SMILES string of the molecule is O=c1ccc2c(-c3cn4ccccc4n3)ccc(O)c2[nH]1. The van der Waals surface area contributed by atoms with Crippen LogP contribution in [0.3, 0.4) is 0 Å². The van der Waals surface area contributed by atoms with E-state index in [2.05, 4.69) is 9.97 Å². The van der Waals surface area contributed by atoms with Crippen molar-refractivity contribution in [1.29, 1.82) is 0 Å². The van der Waals surface area contributed by atoms with E-state index in [1.165, 1.54) is 6.07 Å². The maximum atomic E-state index is 11.4. The molecule has 5 heteroatoms. The van der Waals surface area contributed by atoms with Crippen molar-refractivity contribution in [2.45, 2.75) is 0 Å². The molecule has 0 atom stereocenters. The molecule has 4 rings (SSSR count). The van der Waals surface area contributed by atoms with Gasteiger partial charge in [0.2, 0.25) is 5.56 Å². The van der Waals surface area contributed by atoms with Crippen molar-refractivity contribution >= 4 is 16.6 Å². The molecule has 1 aromatic carbocycles. The third-order valence-electron chi connectivity index (χ3n) is 3.51. The summed E-state index contributed by atoms with van der Waals surface area (Å²) in [5.41, 5.74) is 2.68. The molecule has 0 saturated carbocycles. The molecule has 0 radical (unpaired) electrons. The Hall–Kier alpha value is -3.08. The molecule has 3 heterocycles. The zero-order chi connectivity index (χ0) is 14.4. The van der Waals surface area contributed by atoms with Gasteiger partial charge in [0.15, 0.2) is 0 Å². The highest BCUT2D eigenvalue weighted by Crippen LogP contribution is 2.31. The molecule has 2 N–H and O–H groups in total. The second-order valence-electron chi connectivity index (χ2n) is 4.84. The molecule has 0 aliphatic rings. The lowest BCUT2D eigenvalue weighted by molar-refractivity contribution is 0.480. The molecule has 21 heavy (non-hydrogen) atoms. The Morgan fingerprint density at radius 3 is 2.86 bits per heavy atom. The minimum Gasteiger partial charge on any atom is -0.506 e. The molecule has 0 fully saturated rings. The van der Waals surface area contributed by atoms with Gasteiger partial charge < -0.3 is 14.5 Å². The second-order valence-corrected chi connectivity index (χ2v) is 4.84. The van der Waals surface area contributed by atoms with Crippen LogP contribution in [-0.4, -0.2) is 19.5 Å². The molecule has 102 valence electrons. The molecule has 0 unspecified atom stereocenters. The van der Waals surface area contributed by atoms with Gasteiger partial charge in [-0.15, -0.1) is 0 Å². The number of H-pyrrole nitrogens is 1. The van der Waals surface area contributed by atoms with E-state index in [1.807, 2.05) is 35.0 Å². The van der Waals surface area contributed by atoms with E-state index in [4.69, 9.17) is 0 Å². The Bertz CT molecular complexity index is 997. The van der Waals surface area contributed by atoms with Crippen LogP contribution < -0.4 is 5.56 Å². The molecule has 3 aromatic heterocycles. The summed E-state index contributed by atoms with van der Waals surface area (Å²) in [5.74, 6) is 0.0511. The maximum absolute atomic E-state index is 11.4. The lowest BCUT2D eigenvalue weighted by atomic mass is 10.1. The van der Waals surface area contributed by atoms with Gasteiger partial charge in [-0.05, 0) is 30.3 Å². The molecule has 0 bridgehead atoms. The summed E-state index contributed by atoms with van der Waals surface area (Å²) in [5, 5.41) is 10.7. The number of aromatic nitrogens is 3. The third-order valence-corrected chi connectivity index (χ3v) is 3.51. The molecule has 0 aliphatic heterocycles. The summed E-state index contributed by atoms with van der Waals surface area (Å²) in [6, 6.07) is 12.3. The maximum Gasteiger partial charge on any atom is 0.248 e. The number of hydrogen-bond donors (Lipinski definition) is 2. The zero-order valence-electron chi connectivity index (χ0n) is 10.9. The number of aromatic hydroxyl groups is 1. The predicted octanol–water partition coefficient (Wildman–Crippen LogP) is 2.55. The first kappa shape index (κ1) is 11.7. The number of rotatable bonds is 1. The lowest BCUT2D eigenvalue weighted by Crippen LogP contribution is -2.02. The van der Waals surface area contributed by atoms with Crippen molar-refractivity contribution in [3.05, 3.63) is 65.2 Å². The fourth-order valence-electron chi connectivity index (χ4n) is 2.52. The molecule has 0 aliphatic carbocycles. The van der Waals surface area contributed by atoms with Crippen molar-refractivity contribution in [1.82, 2.24) is 14.4 Å². The van der Waals surface area contributed by atoms with Crippen LogP contribution in [0.25, 0.3) is 27.8 Å². The number of phenolic OH excluding ortho intramolecular Hbond substituents is 1. The van der Waals surface area contributed by atoms with Gasteiger partial charge in [0.05, 0.1) is 11.2 Å². The van der Waals surface area contributed by atoms with Crippen molar-refractivity contribution in [3.8, 4) is 17.0 Å². The van der Waals surface area contributed by atoms with Crippen LogP contribution in [0.1, 0.15) is 0 Å². The standard InChI is InChI=1S/C16H11N3O2/c20-13-6-4-10(11-5-7-15(21)18-16(11)13)12-9-19-8-2-1-3-14(19)17-12/h1-9,20H,(H,18,21). The highest BCUT2D eigenvalue weighted by Gasteiger charge is 2.11. The van der Waals surface area contributed by atoms with Gasteiger partial charge in [-0.25, -0.2) is 4.98 Å². The van der Waals surface area contributed by atoms with Crippen molar-refractivity contribution < 1.29 is 5.11 Å². The minimum atomic E-state index is -0.245. The van der Waals surface area contributed by atoms with E-state index in [0.29, 0.717) is 5.52 Å². The van der Waals surface area contributed by atoms with E-state index < -0.39 is 0 Å². The average Bonchev–Trinajstić information content (AvgIpc) is 2.92. The van der Waals surface area contributed by atoms with Gasteiger partial charge in [-0.1, -0.05) is 6.07 Å². The Balaban J connectivity index is 2.06. The van der Waals surface area contributed by atoms with Gasteiger partial charge in [-0.2, -0.15) is 0 Å². The highest BCUT2D eigenvalue weighted by atomic mass is 16.3. The van der Waals surface area contributed by atoms with Crippen LogP contribution in [0.15, 0.2) is 59.7 Å². The molecular weight excluding hydrogens is 266 g/mol. The summed E-state index contributed by atoms with van der Waals surface area (Å²) >= 11 is 0. The quantitative estimate of drug-likeness (QED) is 0.561. The molecule has 0 saturated heterocycles. The molecular formula is C16H11N3O2. The van der Waals surface area contributed by atoms with Gasteiger partial charge in [-0.3, -0.25) is 4.79 Å². The van der Waals surface area contributed by atoms with E-state index in [0.717, 1.165) is 22.3 Å².